The Labute approximate surface area is 342 Å². The van der Waals surface area contributed by atoms with Crippen LogP contribution >= 0.6 is 22.7 Å². The summed E-state index contributed by atoms with van der Waals surface area (Å²) in [5.41, 5.74) is 8.20. The van der Waals surface area contributed by atoms with E-state index in [4.69, 9.17) is 24.7 Å². The van der Waals surface area contributed by atoms with Gasteiger partial charge in [-0.1, -0.05) is 74.5 Å². The van der Waals surface area contributed by atoms with Gasteiger partial charge in [-0.3, -0.25) is 14.8 Å². The van der Waals surface area contributed by atoms with Crippen molar-refractivity contribution in [2.24, 2.45) is 7.05 Å². The van der Waals surface area contributed by atoms with Crippen LogP contribution in [0.5, 0.6) is 0 Å². The molecule has 0 aliphatic heterocycles. The molecule has 7 aromatic heterocycles. The number of nitrogens with one attached hydrogen (secondary N) is 2. The lowest BCUT2D eigenvalue weighted by atomic mass is 9.79. The van der Waals surface area contributed by atoms with E-state index in [0.717, 1.165) is 60.8 Å². The molecule has 0 radical (unpaired) electrons. The van der Waals surface area contributed by atoms with Crippen LogP contribution in [0.1, 0.15) is 25.0 Å². The molecule has 0 fully saturated rings. The molecule has 288 valence electrons. The SMILES string of the molecule is COCCNc1nc(-c2ccccn2)nc2sc(-c3ccccc3)c(-c3cc(CC(C)(C)c4ccc(-c5csc6c(=O)[nH]c(-c7nccn7C)nc56)cc4)ccn3)c12. The summed E-state index contributed by atoms with van der Waals surface area (Å²) >= 11 is 3.04. The summed E-state index contributed by atoms with van der Waals surface area (Å²) in [7, 11) is 3.57. The first-order chi connectivity index (χ1) is 28.3. The van der Waals surface area contributed by atoms with Crippen molar-refractivity contribution in [3.8, 4) is 56.0 Å². The number of ether oxygens (including phenoxy) is 1. The van der Waals surface area contributed by atoms with Crippen molar-refractivity contribution in [3.63, 3.8) is 0 Å². The quantitative estimate of drug-likeness (QED) is 0.116. The van der Waals surface area contributed by atoms with Crippen molar-refractivity contribution in [2.45, 2.75) is 25.7 Å². The van der Waals surface area contributed by atoms with Crippen molar-refractivity contribution >= 4 is 48.9 Å². The van der Waals surface area contributed by atoms with Crippen LogP contribution in [0.2, 0.25) is 0 Å². The highest BCUT2D eigenvalue weighted by Crippen LogP contribution is 2.47. The monoisotopic (exact) mass is 801 g/mol. The molecule has 0 spiro atoms. The van der Waals surface area contributed by atoms with Gasteiger partial charge in [0.2, 0.25) is 0 Å². The number of hydrogen-bond acceptors (Lipinski definition) is 11. The molecule has 2 aromatic carbocycles. The number of benzene rings is 2. The highest BCUT2D eigenvalue weighted by molar-refractivity contribution is 7.22. The maximum atomic E-state index is 13.1. The number of imidazole rings is 1. The maximum Gasteiger partial charge on any atom is 0.269 e. The van der Waals surface area contributed by atoms with Crippen LogP contribution in [0.15, 0.2) is 120 Å². The molecule has 9 aromatic rings. The van der Waals surface area contributed by atoms with Crippen LogP contribution in [-0.4, -0.2) is 59.7 Å². The van der Waals surface area contributed by atoms with E-state index in [1.807, 2.05) is 53.7 Å². The topological polar surface area (TPSA) is 136 Å². The van der Waals surface area contributed by atoms with E-state index in [1.54, 1.807) is 30.8 Å². The second-order valence-corrected chi connectivity index (χ2v) is 16.6. The zero-order valence-electron chi connectivity index (χ0n) is 32.4. The summed E-state index contributed by atoms with van der Waals surface area (Å²) < 4.78 is 7.84. The number of fused-ring (bicyclic) bond motifs is 2. The molecule has 0 bridgehead atoms. The average molecular weight is 802 g/mol. The second-order valence-electron chi connectivity index (χ2n) is 14.7. The lowest BCUT2D eigenvalue weighted by molar-refractivity contribution is 0.210. The predicted octanol–water partition coefficient (Wildman–Crippen LogP) is 9.43. The molecule has 0 saturated heterocycles. The lowest BCUT2D eigenvalue weighted by Crippen LogP contribution is -2.20. The van der Waals surface area contributed by atoms with Gasteiger partial charge >= 0.3 is 0 Å². The molecule has 0 unspecified atom stereocenters. The smallest absolute Gasteiger partial charge is 0.269 e. The first-order valence-electron chi connectivity index (χ1n) is 18.9. The molecular weight excluding hydrogens is 763 g/mol. The average Bonchev–Trinajstić information content (AvgIpc) is 3.99. The molecule has 13 heteroatoms. The van der Waals surface area contributed by atoms with Gasteiger partial charge in [-0.25, -0.2) is 19.9 Å². The minimum atomic E-state index is -0.221. The molecule has 0 aliphatic carbocycles. The van der Waals surface area contributed by atoms with E-state index < -0.39 is 0 Å². The van der Waals surface area contributed by atoms with Crippen LogP contribution in [0.4, 0.5) is 5.82 Å². The van der Waals surface area contributed by atoms with E-state index in [2.05, 4.69) is 94.8 Å². The van der Waals surface area contributed by atoms with Crippen LogP contribution in [-0.2, 0) is 23.6 Å². The van der Waals surface area contributed by atoms with Crippen molar-refractivity contribution in [1.82, 2.24) is 39.5 Å². The third kappa shape index (κ3) is 7.08. The molecule has 11 nitrogen and oxygen atoms in total. The van der Waals surface area contributed by atoms with E-state index in [-0.39, 0.29) is 11.0 Å². The van der Waals surface area contributed by atoms with E-state index in [0.29, 0.717) is 46.5 Å². The summed E-state index contributed by atoms with van der Waals surface area (Å²) in [4.78, 5) is 46.8. The van der Waals surface area contributed by atoms with E-state index in [1.165, 1.54) is 16.9 Å². The Kier molecular flexibility index (Phi) is 9.94. The zero-order valence-corrected chi connectivity index (χ0v) is 34.0. The fraction of sp³-hybridized carbons (Fsp3) is 0.178. The first kappa shape index (κ1) is 37.2. The third-order valence-corrected chi connectivity index (χ3v) is 12.3. The Bertz CT molecular complexity index is 2950. The Morgan fingerprint density at radius 2 is 1.67 bits per heavy atom. The molecule has 0 amide bonds. The predicted molar refractivity (Wildman–Crippen MR) is 234 cm³/mol. The Morgan fingerprint density at radius 1 is 0.862 bits per heavy atom. The van der Waals surface area contributed by atoms with Gasteiger partial charge in [0.25, 0.3) is 5.56 Å². The largest absolute Gasteiger partial charge is 0.383 e. The standard InChI is InChI=1S/C45H39N9O2S2/c1-45(2,30-15-13-28(14-16-30)31-26-57-38-36(31)50-41(52-43(38)55)42-49-20-22-54(42)3)25-27-17-19-47-33(24-27)34-35-40(48-21-23-56-4)51-39(32-12-8-9-18-46-32)53-44(35)58-37(34)29-10-6-5-7-11-29/h5-20,22,24,26H,21,23,25H2,1-4H3,(H,48,51,53)(H,50,52,55). The van der Waals surface area contributed by atoms with Gasteiger partial charge in [-0.2, -0.15) is 0 Å². The number of anilines is 1. The Balaban J connectivity index is 1.07. The number of nitrogens with zero attached hydrogens (tertiary/aromatic N) is 7. The Hall–Kier alpha value is -6.41. The highest BCUT2D eigenvalue weighted by Gasteiger charge is 2.26. The molecular formula is C45H39N9O2S2. The van der Waals surface area contributed by atoms with Crippen LogP contribution in [0, 0.1) is 0 Å². The molecule has 0 aliphatic rings. The summed E-state index contributed by atoms with van der Waals surface area (Å²) in [5.74, 6) is 2.33. The normalized spacial score (nSPS) is 11.8. The molecule has 0 saturated carbocycles. The third-order valence-electron chi connectivity index (χ3n) is 10.2. The summed E-state index contributed by atoms with van der Waals surface area (Å²) in [6.45, 7) is 5.63. The van der Waals surface area contributed by atoms with Crippen molar-refractivity contribution in [3.05, 3.63) is 137 Å². The number of hydrogen-bond donors (Lipinski definition) is 2. The number of aromatic nitrogens is 8. The van der Waals surface area contributed by atoms with Gasteiger partial charge in [0.15, 0.2) is 17.5 Å². The molecule has 58 heavy (non-hydrogen) atoms. The van der Waals surface area contributed by atoms with Gasteiger partial charge in [-0.15, -0.1) is 22.7 Å². The highest BCUT2D eigenvalue weighted by atomic mass is 32.1. The number of aryl methyl sites for hydroxylation is 1. The minimum Gasteiger partial charge on any atom is -0.383 e. The molecule has 2 N–H and O–H groups in total. The lowest BCUT2D eigenvalue weighted by Gasteiger charge is -2.26. The zero-order chi connectivity index (χ0) is 39.8. The van der Waals surface area contributed by atoms with Crippen LogP contribution < -0.4 is 10.9 Å². The fourth-order valence-electron chi connectivity index (χ4n) is 7.31. The number of pyridine rings is 2. The fourth-order valence-corrected chi connectivity index (χ4v) is 9.41. The molecule has 7 heterocycles. The summed E-state index contributed by atoms with van der Waals surface area (Å²) in [6.07, 6.45) is 7.96. The van der Waals surface area contributed by atoms with Crippen LogP contribution in [0.3, 0.4) is 0 Å². The number of thiophene rings is 2. The van der Waals surface area contributed by atoms with Crippen molar-refractivity contribution in [2.75, 3.05) is 25.6 Å². The summed E-state index contributed by atoms with van der Waals surface area (Å²) in [5, 5.41) is 6.47. The van der Waals surface area contributed by atoms with Crippen molar-refractivity contribution in [1.29, 1.82) is 0 Å². The van der Waals surface area contributed by atoms with E-state index in [9.17, 15) is 4.79 Å². The van der Waals surface area contributed by atoms with Gasteiger partial charge in [0, 0.05) is 66.9 Å². The Morgan fingerprint density at radius 3 is 2.43 bits per heavy atom. The van der Waals surface area contributed by atoms with Gasteiger partial charge in [0.05, 0.1) is 23.2 Å². The first-order valence-corrected chi connectivity index (χ1v) is 20.6. The summed E-state index contributed by atoms with van der Waals surface area (Å²) in [6, 6.07) is 29.1. The maximum absolute atomic E-state index is 13.1. The van der Waals surface area contributed by atoms with Gasteiger partial charge < -0.3 is 19.6 Å². The number of aromatic amines is 1. The molecule has 0 atom stereocenters. The van der Waals surface area contributed by atoms with E-state index >= 15 is 0 Å². The number of methoxy groups -OCH3 is 1. The minimum absolute atomic E-state index is 0.166. The second kappa shape index (κ2) is 15.5. The van der Waals surface area contributed by atoms with Gasteiger partial charge in [0.1, 0.15) is 21.0 Å². The van der Waals surface area contributed by atoms with Crippen LogP contribution in [0.25, 0.3) is 76.4 Å². The number of rotatable bonds is 12. The van der Waals surface area contributed by atoms with Crippen molar-refractivity contribution < 1.29 is 4.74 Å². The number of H-pyrrole nitrogens is 1. The molecule has 9 rings (SSSR count). The van der Waals surface area contributed by atoms with Gasteiger partial charge in [-0.05, 0) is 58.4 Å².